The maximum absolute atomic E-state index is 12.7. The van der Waals surface area contributed by atoms with Crippen LogP contribution in [0.25, 0.3) is 0 Å². The van der Waals surface area contributed by atoms with Crippen molar-refractivity contribution in [2.75, 3.05) is 6.61 Å². The second kappa shape index (κ2) is 5.89. The molecule has 3 unspecified atom stereocenters. The molecule has 116 valence electrons. The highest BCUT2D eigenvalue weighted by Crippen LogP contribution is 2.26. The highest BCUT2D eigenvalue weighted by molar-refractivity contribution is 7.93. The first-order chi connectivity index (χ1) is 9.75. The molecule has 0 aliphatic carbocycles. The van der Waals surface area contributed by atoms with E-state index in [4.69, 9.17) is 4.74 Å². The molecule has 0 spiro atoms. The van der Waals surface area contributed by atoms with Crippen LogP contribution in [0.5, 0.6) is 0 Å². The lowest BCUT2D eigenvalue weighted by Gasteiger charge is -2.20. The zero-order valence-corrected chi connectivity index (χ0v) is 13.7. The van der Waals surface area contributed by atoms with Crippen molar-refractivity contribution in [2.24, 2.45) is 0 Å². The fraction of sp³-hybridized carbons (Fsp3) is 0.562. The fourth-order valence-corrected chi connectivity index (χ4v) is 4.76. The van der Waals surface area contributed by atoms with Crippen LogP contribution in [0, 0.1) is 13.8 Å². The lowest BCUT2D eigenvalue weighted by molar-refractivity contribution is 0.0989. The summed E-state index contributed by atoms with van der Waals surface area (Å²) in [5.74, 6) is -0.324. The molecular formula is C16H22O4S. The summed E-state index contributed by atoms with van der Waals surface area (Å²) in [6.45, 7) is 7.40. The third kappa shape index (κ3) is 3.04. The lowest BCUT2D eigenvalue weighted by Crippen LogP contribution is -2.39. The molecule has 0 aromatic heterocycles. The van der Waals surface area contributed by atoms with E-state index in [1.54, 1.807) is 13.0 Å². The van der Waals surface area contributed by atoms with Crippen molar-refractivity contribution in [1.82, 2.24) is 0 Å². The van der Waals surface area contributed by atoms with E-state index in [0.717, 1.165) is 11.1 Å². The minimum absolute atomic E-state index is 0.324. The summed E-state index contributed by atoms with van der Waals surface area (Å²) in [5.41, 5.74) is 2.26. The van der Waals surface area contributed by atoms with E-state index in [1.807, 2.05) is 26.0 Å². The van der Waals surface area contributed by atoms with E-state index in [1.165, 1.54) is 6.92 Å². The molecule has 0 bridgehead atoms. The molecular weight excluding hydrogens is 288 g/mol. The average Bonchev–Trinajstić information content (AvgIpc) is 2.86. The Morgan fingerprint density at radius 3 is 2.57 bits per heavy atom. The standard InChI is InChI=1S/C16H22O4S/c1-10-5-6-11(2)14(9-10)16(17)13(4)21(18,19)15-7-8-20-12(15)3/h5-6,9,12-13,15H,7-8H2,1-4H3. The van der Waals surface area contributed by atoms with Crippen LogP contribution in [0.2, 0.25) is 0 Å². The summed E-state index contributed by atoms with van der Waals surface area (Å²) < 4.78 is 30.6. The van der Waals surface area contributed by atoms with Gasteiger partial charge in [-0.25, -0.2) is 8.42 Å². The number of rotatable bonds is 4. The molecule has 1 aromatic carbocycles. The molecule has 0 amide bonds. The molecule has 0 N–H and O–H groups in total. The number of hydrogen-bond acceptors (Lipinski definition) is 4. The van der Waals surface area contributed by atoms with Gasteiger partial charge in [0.25, 0.3) is 0 Å². The molecule has 1 aliphatic heterocycles. The third-order valence-electron chi connectivity index (χ3n) is 4.25. The van der Waals surface area contributed by atoms with Gasteiger partial charge in [-0.3, -0.25) is 4.79 Å². The normalized spacial score (nSPS) is 24.0. The fourth-order valence-electron chi connectivity index (χ4n) is 2.78. The number of carbonyl (C=O) groups excluding carboxylic acids is 1. The van der Waals surface area contributed by atoms with E-state index in [2.05, 4.69) is 0 Å². The maximum atomic E-state index is 12.7. The SMILES string of the molecule is Cc1ccc(C)c(C(=O)C(C)S(=O)(=O)C2CCOC2C)c1. The molecule has 0 saturated carbocycles. The van der Waals surface area contributed by atoms with Crippen LogP contribution in [-0.4, -0.2) is 37.4 Å². The monoisotopic (exact) mass is 310 g/mol. The van der Waals surface area contributed by atoms with Crippen molar-refractivity contribution in [3.8, 4) is 0 Å². The van der Waals surface area contributed by atoms with Crippen molar-refractivity contribution in [3.05, 3.63) is 34.9 Å². The largest absolute Gasteiger partial charge is 0.377 e. The topological polar surface area (TPSA) is 60.4 Å². The summed E-state index contributed by atoms with van der Waals surface area (Å²) >= 11 is 0. The van der Waals surface area contributed by atoms with Crippen LogP contribution < -0.4 is 0 Å². The van der Waals surface area contributed by atoms with Crippen LogP contribution in [0.1, 0.15) is 41.8 Å². The van der Waals surface area contributed by atoms with Crippen LogP contribution in [0.15, 0.2) is 18.2 Å². The third-order valence-corrected chi connectivity index (χ3v) is 6.91. The second-order valence-electron chi connectivity index (χ2n) is 5.82. The molecule has 2 rings (SSSR count). The Hall–Kier alpha value is -1.20. The Balaban J connectivity index is 2.32. The van der Waals surface area contributed by atoms with Crippen molar-refractivity contribution in [3.63, 3.8) is 0 Å². The zero-order chi connectivity index (χ0) is 15.8. The maximum Gasteiger partial charge on any atom is 0.180 e. The molecule has 3 atom stereocenters. The molecule has 0 radical (unpaired) electrons. The zero-order valence-electron chi connectivity index (χ0n) is 12.9. The van der Waals surface area contributed by atoms with Gasteiger partial charge in [-0.05, 0) is 45.7 Å². The highest BCUT2D eigenvalue weighted by Gasteiger charge is 2.42. The molecule has 1 aliphatic rings. The molecule has 5 heteroatoms. The summed E-state index contributed by atoms with van der Waals surface area (Å²) in [4.78, 5) is 12.6. The van der Waals surface area contributed by atoms with Crippen molar-refractivity contribution in [1.29, 1.82) is 0 Å². The van der Waals surface area contributed by atoms with Crippen LogP contribution in [0.3, 0.4) is 0 Å². The van der Waals surface area contributed by atoms with Gasteiger partial charge in [0.2, 0.25) is 0 Å². The van der Waals surface area contributed by atoms with Gasteiger partial charge in [0.05, 0.1) is 11.4 Å². The first-order valence-corrected chi connectivity index (χ1v) is 8.82. The van der Waals surface area contributed by atoms with Gasteiger partial charge in [0.1, 0.15) is 5.25 Å². The Kier molecular flexibility index (Phi) is 4.54. The van der Waals surface area contributed by atoms with Crippen molar-refractivity contribution < 1.29 is 17.9 Å². The predicted octanol–water partition coefficient (Wildman–Crippen LogP) is 2.47. The quantitative estimate of drug-likeness (QED) is 0.802. The smallest absolute Gasteiger partial charge is 0.180 e. The molecule has 1 heterocycles. The number of hydrogen-bond donors (Lipinski definition) is 0. The van der Waals surface area contributed by atoms with Crippen LogP contribution >= 0.6 is 0 Å². The Morgan fingerprint density at radius 1 is 1.33 bits per heavy atom. The van der Waals surface area contributed by atoms with Gasteiger partial charge in [-0.1, -0.05) is 17.7 Å². The van der Waals surface area contributed by atoms with Gasteiger partial charge >= 0.3 is 0 Å². The number of ether oxygens (including phenoxy) is 1. The first kappa shape index (κ1) is 16.2. The van der Waals surface area contributed by atoms with Gasteiger partial charge in [-0.2, -0.15) is 0 Å². The predicted molar refractivity (Wildman–Crippen MR) is 82.4 cm³/mol. The van der Waals surface area contributed by atoms with E-state index in [-0.39, 0.29) is 11.9 Å². The van der Waals surface area contributed by atoms with Gasteiger partial charge in [-0.15, -0.1) is 0 Å². The minimum Gasteiger partial charge on any atom is -0.377 e. The Bertz CT molecular complexity index is 648. The average molecular weight is 310 g/mol. The van der Waals surface area contributed by atoms with Crippen molar-refractivity contribution in [2.45, 2.75) is 50.7 Å². The minimum atomic E-state index is -3.54. The number of aryl methyl sites for hydroxylation is 2. The second-order valence-corrected chi connectivity index (χ2v) is 8.31. The Labute approximate surface area is 126 Å². The summed E-state index contributed by atoms with van der Waals surface area (Å²) in [5, 5.41) is -1.62. The number of benzene rings is 1. The summed E-state index contributed by atoms with van der Waals surface area (Å²) in [6, 6.07) is 5.53. The van der Waals surface area contributed by atoms with Crippen LogP contribution in [-0.2, 0) is 14.6 Å². The number of sulfone groups is 1. The highest BCUT2D eigenvalue weighted by atomic mass is 32.2. The summed E-state index contributed by atoms with van der Waals surface area (Å²) in [7, 11) is -3.54. The summed E-state index contributed by atoms with van der Waals surface area (Å²) in [6.07, 6.45) is 0.123. The Morgan fingerprint density at radius 2 is 2.00 bits per heavy atom. The molecule has 1 aromatic rings. The molecule has 1 fully saturated rings. The van der Waals surface area contributed by atoms with Gasteiger partial charge < -0.3 is 4.74 Å². The van der Waals surface area contributed by atoms with E-state index in [9.17, 15) is 13.2 Å². The first-order valence-electron chi connectivity index (χ1n) is 7.21. The van der Waals surface area contributed by atoms with Gasteiger partial charge in [0.15, 0.2) is 15.6 Å². The number of carbonyl (C=O) groups is 1. The number of Topliss-reactive ketones (excluding diaryl/α,β-unsaturated/α-hetero) is 1. The van der Waals surface area contributed by atoms with E-state index >= 15 is 0 Å². The number of ketones is 1. The van der Waals surface area contributed by atoms with Crippen molar-refractivity contribution >= 4 is 15.6 Å². The van der Waals surface area contributed by atoms with E-state index in [0.29, 0.717) is 18.6 Å². The van der Waals surface area contributed by atoms with Crippen LogP contribution in [0.4, 0.5) is 0 Å². The van der Waals surface area contributed by atoms with E-state index < -0.39 is 20.3 Å². The molecule has 1 saturated heterocycles. The molecule has 21 heavy (non-hydrogen) atoms. The molecule has 4 nitrogen and oxygen atoms in total. The van der Waals surface area contributed by atoms with Gasteiger partial charge in [0, 0.05) is 12.2 Å². The lowest BCUT2D eigenvalue weighted by atomic mass is 10.0.